The molecular weight excluding hydrogens is 410 g/mol. The highest BCUT2D eigenvalue weighted by Crippen LogP contribution is 2.43. The Morgan fingerprint density at radius 1 is 1.00 bits per heavy atom. The Kier molecular flexibility index (Phi) is 5.45. The van der Waals surface area contributed by atoms with Crippen molar-refractivity contribution < 1.29 is 9.59 Å². The fraction of sp³-hybridized carbons (Fsp3) is 0.357. The van der Waals surface area contributed by atoms with Crippen LogP contribution in [0.15, 0.2) is 66.7 Å². The maximum absolute atomic E-state index is 13.5. The van der Waals surface area contributed by atoms with E-state index < -0.39 is 0 Å². The quantitative estimate of drug-likeness (QED) is 0.614. The van der Waals surface area contributed by atoms with E-state index in [-0.39, 0.29) is 29.3 Å². The highest BCUT2D eigenvalue weighted by Gasteiger charge is 2.45. The van der Waals surface area contributed by atoms with E-state index in [1.807, 2.05) is 24.3 Å². The van der Waals surface area contributed by atoms with Crippen LogP contribution in [0.2, 0.25) is 0 Å². The molecule has 0 unspecified atom stereocenters. The van der Waals surface area contributed by atoms with Gasteiger partial charge in [-0.05, 0) is 52.8 Å². The Hall–Kier alpha value is -3.18. The van der Waals surface area contributed by atoms with Crippen molar-refractivity contribution in [1.82, 2.24) is 15.3 Å². The third kappa shape index (κ3) is 3.91. The van der Waals surface area contributed by atoms with Crippen molar-refractivity contribution in [3.63, 3.8) is 0 Å². The molecule has 5 nitrogen and oxygen atoms in total. The molecule has 0 spiro atoms. The maximum Gasteiger partial charge on any atom is 0.273 e. The first kappa shape index (κ1) is 21.7. The van der Waals surface area contributed by atoms with Crippen molar-refractivity contribution >= 4 is 22.6 Å². The standard InChI is InChI=1S/C28H31N3O2/c1-28(2,3)25-22-14-6-7-15-23(22)27(33)31(25)29-26(32)24-16-9-17-30(24)18-20-12-8-11-19-10-4-5-13-21(19)20/h4-8,10-15,24-25H,9,16-18H2,1-3H3,(H,29,32)/t24-,25+/m0/s1. The number of carbonyl (C=O) groups is 2. The molecule has 2 aliphatic heterocycles. The van der Waals surface area contributed by atoms with E-state index in [1.54, 1.807) is 5.01 Å². The lowest BCUT2D eigenvalue weighted by atomic mass is 9.83. The molecule has 3 aromatic carbocycles. The first-order valence-corrected chi connectivity index (χ1v) is 11.8. The Bertz CT molecular complexity index is 1210. The molecule has 3 aromatic rings. The average molecular weight is 442 g/mol. The number of likely N-dealkylation sites (tertiary alicyclic amines) is 1. The lowest BCUT2D eigenvalue weighted by Gasteiger charge is -2.36. The number of rotatable bonds is 4. The monoisotopic (exact) mass is 441 g/mol. The number of fused-ring (bicyclic) bond motifs is 2. The second kappa shape index (κ2) is 8.31. The summed E-state index contributed by atoms with van der Waals surface area (Å²) in [5, 5.41) is 4.01. The summed E-state index contributed by atoms with van der Waals surface area (Å²) in [6.07, 6.45) is 1.77. The molecule has 1 N–H and O–H groups in total. The molecular formula is C28H31N3O2. The summed E-state index contributed by atoms with van der Waals surface area (Å²) in [4.78, 5) is 29.0. The summed E-state index contributed by atoms with van der Waals surface area (Å²) in [5.41, 5.74) is 5.70. The third-order valence-corrected chi connectivity index (χ3v) is 6.93. The van der Waals surface area contributed by atoms with Crippen LogP contribution in [-0.2, 0) is 11.3 Å². The van der Waals surface area contributed by atoms with Crippen LogP contribution >= 0.6 is 0 Å². The van der Waals surface area contributed by atoms with Gasteiger partial charge in [0, 0.05) is 12.1 Å². The molecule has 5 rings (SSSR count). The van der Waals surface area contributed by atoms with Gasteiger partial charge >= 0.3 is 0 Å². The molecule has 1 fully saturated rings. The Morgan fingerprint density at radius 3 is 2.55 bits per heavy atom. The minimum atomic E-state index is -0.249. The van der Waals surface area contributed by atoms with Crippen molar-refractivity contribution in [3.05, 3.63) is 83.4 Å². The maximum atomic E-state index is 13.5. The summed E-state index contributed by atoms with van der Waals surface area (Å²) >= 11 is 0. The summed E-state index contributed by atoms with van der Waals surface area (Å²) in [6.45, 7) is 7.91. The van der Waals surface area contributed by atoms with Crippen molar-refractivity contribution in [2.24, 2.45) is 5.41 Å². The molecule has 2 amide bonds. The van der Waals surface area contributed by atoms with Crippen LogP contribution in [-0.4, -0.2) is 34.3 Å². The predicted molar refractivity (Wildman–Crippen MR) is 130 cm³/mol. The van der Waals surface area contributed by atoms with E-state index in [1.165, 1.54) is 16.3 Å². The molecule has 170 valence electrons. The number of amides is 2. The Balaban J connectivity index is 1.37. The van der Waals surface area contributed by atoms with Gasteiger partial charge in [0.05, 0.1) is 12.1 Å². The number of nitrogens with zero attached hydrogens (tertiary/aromatic N) is 2. The molecule has 1 saturated heterocycles. The van der Waals surface area contributed by atoms with Gasteiger partial charge in [0.1, 0.15) is 0 Å². The Labute approximate surface area is 195 Å². The van der Waals surface area contributed by atoms with Crippen LogP contribution in [0.4, 0.5) is 0 Å². The van der Waals surface area contributed by atoms with Crippen molar-refractivity contribution in [2.75, 3.05) is 6.54 Å². The summed E-state index contributed by atoms with van der Waals surface area (Å²) in [7, 11) is 0. The van der Waals surface area contributed by atoms with Gasteiger partial charge in [-0.1, -0.05) is 81.4 Å². The number of hydrogen-bond acceptors (Lipinski definition) is 3. The van der Waals surface area contributed by atoms with Gasteiger partial charge in [0.15, 0.2) is 0 Å². The molecule has 0 saturated carbocycles. The van der Waals surface area contributed by atoms with Crippen molar-refractivity contribution in [2.45, 2.75) is 52.2 Å². The van der Waals surface area contributed by atoms with Crippen LogP contribution in [0.3, 0.4) is 0 Å². The van der Waals surface area contributed by atoms with Crippen LogP contribution in [0.1, 0.15) is 61.1 Å². The average Bonchev–Trinajstić information content (AvgIpc) is 3.37. The van der Waals surface area contributed by atoms with Gasteiger partial charge in [0.25, 0.3) is 11.8 Å². The SMILES string of the molecule is CC(C)(C)[C@H]1c2ccccc2C(=O)N1NC(=O)[C@@H]1CCCN1Cc1cccc2ccccc12. The fourth-order valence-electron chi connectivity index (χ4n) is 5.44. The van der Waals surface area contributed by atoms with Crippen LogP contribution in [0.25, 0.3) is 10.8 Å². The smallest absolute Gasteiger partial charge is 0.273 e. The van der Waals surface area contributed by atoms with Gasteiger partial charge < -0.3 is 0 Å². The van der Waals surface area contributed by atoms with Gasteiger partial charge in [0.2, 0.25) is 0 Å². The topological polar surface area (TPSA) is 52.7 Å². The first-order chi connectivity index (χ1) is 15.8. The van der Waals surface area contributed by atoms with Gasteiger partial charge in [-0.25, -0.2) is 5.01 Å². The lowest BCUT2D eigenvalue weighted by Crippen LogP contribution is -2.53. The summed E-state index contributed by atoms with van der Waals surface area (Å²) in [5.74, 6) is -0.222. The molecule has 33 heavy (non-hydrogen) atoms. The predicted octanol–water partition coefficient (Wildman–Crippen LogP) is 5.08. The Morgan fingerprint density at radius 2 is 1.73 bits per heavy atom. The van der Waals surface area contributed by atoms with E-state index in [0.29, 0.717) is 5.56 Å². The third-order valence-electron chi connectivity index (χ3n) is 6.93. The molecule has 2 aliphatic rings. The largest absolute Gasteiger partial charge is 0.288 e. The molecule has 0 radical (unpaired) electrons. The van der Waals surface area contributed by atoms with Gasteiger partial charge in [-0.15, -0.1) is 0 Å². The zero-order valence-corrected chi connectivity index (χ0v) is 19.5. The number of hydrogen-bond donors (Lipinski definition) is 1. The molecule has 2 heterocycles. The van der Waals surface area contributed by atoms with E-state index >= 15 is 0 Å². The molecule has 2 atom stereocenters. The highest BCUT2D eigenvalue weighted by atomic mass is 16.2. The number of benzene rings is 3. The highest BCUT2D eigenvalue weighted by molar-refractivity contribution is 6.00. The zero-order valence-electron chi connectivity index (χ0n) is 19.5. The lowest BCUT2D eigenvalue weighted by molar-refractivity contribution is -0.131. The summed E-state index contributed by atoms with van der Waals surface area (Å²) in [6, 6.07) is 22.0. The molecule has 0 aliphatic carbocycles. The van der Waals surface area contributed by atoms with E-state index in [0.717, 1.165) is 31.5 Å². The van der Waals surface area contributed by atoms with E-state index in [4.69, 9.17) is 0 Å². The van der Waals surface area contributed by atoms with Crippen LogP contribution < -0.4 is 5.43 Å². The van der Waals surface area contributed by atoms with Crippen molar-refractivity contribution in [3.8, 4) is 0 Å². The minimum Gasteiger partial charge on any atom is -0.288 e. The zero-order chi connectivity index (χ0) is 23.2. The summed E-state index contributed by atoms with van der Waals surface area (Å²) < 4.78 is 0. The van der Waals surface area contributed by atoms with Gasteiger partial charge in [-0.2, -0.15) is 0 Å². The van der Waals surface area contributed by atoms with E-state index in [2.05, 4.69) is 73.6 Å². The number of nitrogens with one attached hydrogen (secondary N) is 1. The van der Waals surface area contributed by atoms with E-state index in [9.17, 15) is 9.59 Å². The van der Waals surface area contributed by atoms with Crippen LogP contribution in [0, 0.1) is 5.41 Å². The van der Waals surface area contributed by atoms with Crippen LogP contribution in [0.5, 0.6) is 0 Å². The fourth-order valence-corrected chi connectivity index (χ4v) is 5.44. The number of carbonyl (C=O) groups excluding carboxylic acids is 2. The second-order valence-corrected chi connectivity index (χ2v) is 10.3. The number of hydrazine groups is 1. The van der Waals surface area contributed by atoms with Gasteiger partial charge in [-0.3, -0.25) is 19.9 Å². The normalized spacial score (nSPS) is 20.9. The minimum absolute atomic E-state index is 0.0943. The first-order valence-electron chi connectivity index (χ1n) is 11.8. The van der Waals surface area contributed by atoms with Crippen molar-refractivity contribution in [1.29, 1.82) is 0 Å². The molecule has 0 aromatic heterocycles. The second-order valence-electron chi connectivity index (χ2n) is 10.3. The molecule has 0 bridgehead atoms. The molecule has 5 heteroatoms.